The highest BCUT2D eigenvalue weighted by molar-refractivity contribution is 7.21. The second-order valence-electron chi connectivity index (χ2n) is 9.71. The van der Waals surface area contributed by atoms with E-state index < -0.39 is 5.91 Å². The molecule has 1 aromatic carbocycles. The van der Waals surface area contributed by atoms with Crippen molar-refractivity contribution in [2.45, 2.75) is 38.7 Å². The van der Waals surface area contributed by atoms with Gasteiger partial charge in [0.05, 0.1) is 33.9 Å². The lowest BCUT2D eigenvalue weighted by Crippen LogP contribution is -2.29. The molecule has 9 heteroatoms. The van der Waals surface area contributed by atoms with Crippen LogP contribution >= 0.6 is 11.3 Å². The number of ether oxygens (including phenoxy) is 1. The third kappa shape index (κ3) is 4.81. The average Bonchev–Trinajstić information content (AvgIpc) is 3.43. The van der Waals surface area contributed by atoms with Gasteiger partial charge in [-0.2, -0.15) is 0 Å². The minimum absolute atomic E-state index is 0.0284. The van der Waals surface area contributed by atoms with E-state index >= 15 is 0 Å². The normalized spacial score (nSPS) is 15.0. The number of hydrogen-bond acceptors (Lipinski definition) is 7. The minimum atomic E-state index is -0.471. The number of rotatable bonds is 7. The molecular weight excluding hydrogens is 472 g/mol. The van der Waals surface area contributed by atoms with Crippen molar-refractivity contribution in [1.29, 1.82) is 0 Å². The topological polar surface area (TPSA) is 98.3 Å². The Bertz CT molecular complexity index is 1400. The number of aromatic nitrogens is 3. The quantitative estimate of drug-likeness (QED) is 0.362. The molecule has 1 amide bonds. The van der Waals surface area contributed by atoms with E-state index in [1.165, 1.54) is 16.9 Å². The molecule has 0 unspecified atom stereocenters. The molecule has 1 aliphatic heterocycles. The summed E-state index contributed by atoms with van der Waals surface area (Å²) in [6.07, 6.45) is 6.00. The Labute approximate surface area is 215 Å². The molecule has 1 fully saturated rings. The summed E-state index contributed by atoms with van der Waals surface area (Å²) in [5, 5.41) is 3.36. The van der Waals surface area contributed by atoms with Crippen LogP contribution in [0.25, 0.3) is 21.5 Å². The SMILES string of the molecule is CC(C)Oc1cc(C2CCN(C)CC2)ccc1Nc1ncc2sc(C(N)=O)c(-c3cccn3C)c2n1. The second kappa shape index (κ2) is 9.91. The summed E-state index contributed by atoms with van der Waals surface area (Å²) in [7, 11) is 4.11. The zero-order valence-corrected chi connectivity index (χ0v) is 21.9. The fourth-order valence-corrected chi connectivity index (χ4v) is 5.77. The van der Waals surface area contributed by atoms with Gasteiger partial charge >= 0.3 is 0 Å². The lowest BCUT2D eigenvalue weighted by Gasteiger charge is -2.29. The van der Waals surface area contributed by atoms with E-state index in [4.69, 9.17) is 15.5 Å². The molecule has 0 radical (unpaired) electrons. The van der Waals surface area contributed by atoms with E-state index in [1.54, 1.807) is 6.20 Å². The number of aryl methyl sites for hydroxylation is 1. The van der Waals surface area contributed by atoms with Crippen molar-refractivity contribution in [1.82, 2.24) is 19.4 Å². The lowest BCUT2D eigenvalue weighted by molar-refractivity contribution is 0.100. The van der Waals surface area contributed by atoms with Crippen molar-refractivity contribution >= 4 is 39.1 Å². The third-order valence-corrected chi connectivity index (χ3v) is 7.79. The summed E-state index contributed by atoms with van der Waals surface area (Å²) < 4.78 is 8.97. The number of nitrogens with two attached hydrogens (primary N) is 1. The van der Waals surface area contributed by atoms with Crippen LogP contribution in [-0.4, -0.2) is 51.6 Å². The number of likely N-dealkylation sites (tertiary alicyclic amines) is 1. The Balaban J connectivity index is 1.51. The molecule has 0 bridgehead atoms. The van der Waals surface area contributed by atoms with Crippen LogP contribution in [0.2, 0.25) is 0 Å². The molecule has 0 atom stereocenters. The number of nitrogens with zero attached hydrogens (tertiary/aromatic N) is 4. The molecule has 3 N–H and O–H groups in total. The van der Waals surface area contributed by atoms with Gasteiger partial charge in [0.1, 0.15) is 10.6 Å². The molecule has 188 valence electrons. The maximum Gasteiger partial charge on any atom is 0.259 e. The number of fused-ring (bicyclic) bond motifs is 1. The van der Waals surface area contributed by atoms with Crippen LogP contribution in [0.5, 0.6) is 5.75 Å². The Morgan fingerprint density at radius 3 is 2.67 bits per heavy atom. The number of carbonyl (C=O) groups is 1. The largest absolute Gasteiger partial charge is 0.489 e. The third-order valence-electron chi connectivity index (χ3n) is 6.66. The lowest BCUT2D eigenvalue weighted by atomic mass is 9.89. The van der Waals surface area contributed by atoms with Crippen LogP contribution in [0.4, 0.5) is 11.6 Å². The minimum Gasteiger partial charge on any atom is -0.489 e. The molecule has 0 aliphatic carbocycles. The Morgan fingerprint density at radius 2 is 2.00 bits per heavy atom. The van der Waals surface area contributed by atoms with Crippen molar-refractivity contribution in [3.63, 3.8) is 0 Å². The van der Waals surface area contributed by atoms with Gasteiger partial charge in [0.2, 0.25) is 5.95 Å². The number of thiophene rings is 1. The molecule has 4 aromatic rings. The van der Waals surface area contributed by atoms with E-state index in [0.29, 0.717) is 22.3 Å². The van der Waals surface area contributed by atoms with E-state index in [-0.39, 0.29) is 6.10 Å². The number of hydrogen-bond donors (Lipinski definition) is 2. The predicted octanol–water partition coefficient (Wildman–Crippen LogP) is 5.14. The monoisotopic (exact) mass is 504 g/mol. The van der Waals surface area contributed by atoms with Gasteiger partial charge in [0.25, 0.3) is 5.91 Å². The van der Waals surface area contributed by atoms with E-state index in [9.17, 15) is 4.79 Å². The molecule has 0 spiro atoms. The molecule has 3 aromatic heterocycles. The van der Waals surface area contributed by atoms with Gasteiger partial charge in [-0.1, -0.05) is 6.07 Å². The summed E-state index contributed by atoms with van der Waals surface area (Å²) >= 11 is 1.31. The number of anilines is 2. The number of carbonyl (C=O) groups excluding carboxylic acids is 1. The molecule has 4 heterocycles. The average molecular weight is 505 g/mol. The van der Waals surface area contributed by atoms with Crippen LogP contribution in [0, 0.1) is 0 Å². The van der Waals surface area contributed by atoms with E-state index in [2.05, 4.69) is 40.4 Å². The van der Waals surface area contributed by atoms with Crippen molar-refractivity contribution in [2.24, 2.45) is 12.8 Å². The summed E-state index contributed by atoms with van der Waals surface area (Å²) in [5.74, 6) is 1.28. The Morgan fingerprint density at radius 1 is 1.22 bits per heavy atom. The number of piperidine rings is 1. The van der Waals surface area contributed by atoms with Crippen molar-refractivity contribution < 1.29 is 9.53 Å². The Hall–Kier alpha value is -3.43. The van der Waals surface area contributed by atoms with Gasteiger partial charge in [0, 0.05) is 18.8 Å². The molecule has 8 nitrogen and oxygen atoms in total. The highest BCUT2D eigenvalue weighted by Gasteiger charge is 2.23. The smallest absolute Gasteiger partial charge is 0.259 e. The predicted molar refractivity (Wildman–Crippen MR) is 145 cm³/mol. The van der Waals surface area contributed by atoms with Crippen molar-refractivity contribution in [3.05, 3.63) is 53.2 Å². The van der Waals surface area contributed by atoms with Crippen LogP contribution in [0.1, 0.15) is 47.8 Å². The summed E-state index contributed by atoms with van der Waals surface area (Å²) in [6.45, 7) is 6.27. The highest BCUT2D eigenvalue weighted by Crippen LogP contribution is 2.39. The van der Waals surface area contributed by atoms with E-state index in [0.717, 1.165) is 53.3 Å². The zero-order valence-electron chi connectivity index (χ0n) is 21.1. The van der Waals surface area contributed by atoms with Crippen LogP contribution in [-0.2, 0) is 7.05 Å². The first-order valence-corrected chi connectivity index (χ1v) is 13.1. The van der Waals surface area contributed by atoms with Crippen molar-refractivity contribution in [2.75, 3.05) is 25.5 Å². The van der Waals surface area contributed by atoms with Gasteiger partial charge in [0.15, 0.2) is 0 Å². The number of nitrogens with one attached hydrogen (secondary N) is 1. The summed E-state index contributed by atoms with van der Waals surface area (Å²) in [4.78, 5) is 24.4. The second-order valence-corrected chi connectivity index (χ2v) is 10.8. The maximum absolute atomic E-state index is 12.2. The zero-order chi connectivity index (χ0) is 25.4. The van der Waals surface area contributed by atoms with Gasteiger partial charge in [-0.25, -0.2) is 9.97 Å². The Kier molecular flexibility index (Phi) is 6.68. The first kappa shape index (κ1) is 24.3. The van der Waals surface area contributed by atoms with E-state index in [1.807, 2.05) is 43.8 Å². The maximum atomic E-state index is 12.2. The number of benzene rings is 1. The fourth-order valence-electron chi connectivity index (χ4n) is 4.80. The summed E-state index contributed by atoms with van der Waals surface area (Å²) in [5.41, 5.74) is 10.1. The van der Waals surface area contributed by atoms with Crippen LogP contribution in [0.3, 0.4) is 0 Å². The molecule has 0 saturated carbocycles. The van der Waals surface area contributed by atoms with Crippen LogP contribution in [0.15, 0.2) is 42.7 Å². The fraction of sp³-hybridized carbons (Fsp3) is 0.370. The number of amides is 1. The van der Waals surface area contributed by atoms with Crippen molar-refractivity contribution in [3.8, 4) is 17.0 Å². The summed E-state index contributed by atoms with van der Waals surface area (Å²) in [6, 6.07) is 10.3. The molecule has 5 rings (SSSR count). The number of primary amides is 1. The van der Waals surface area contributed by atoms with Gasteiger partial charge in [-0.3, -0.25) is 4.79 Å². The standard InChI is InChI=1S/C27H32N6O2S/c1-16(2)35-21-14-18(17-9-12-32(3)13-10-17)7-8-19(21)30-27-29-15-22-24(31-27)23(25(36-22)26(28)34)20-6-5-11-33(20)4/h5-8,11,14-17H,9-10,12-13H2,1-4H3,(H2,28,34)(H,29,30,31). The first-order valence-electron chi connectivity index (χ1n) is 12.3. The van der Waals surface area contributed by atoms with Gasteiger partial charge in [-0.15, -0.1) is 11.3 Å². The molecule has 1 saturated heterocycles. The van der Waals surface area contributed by atoms with Gasteiger partial charge < -0.3 is 25.3 Å². The van der Waals surface area contributed by atoms with Crippen LogP contribution < -0.4 is 15.8 Å². The molecule has 36 heavy (non-hydrogen) atoms. The first-order chi connectivity index (χ1) is 17.3. The molecular formula is C27H32N6O2S. The molecule has 1 aliphatic rings. The van der Waals surface area contributed by atoms with Gasteiger partial charge in [-0.05, 0) is 82.6 Å². The highest BCUT2D eigenvalue weighted by atomic mass is 32.1.